The lowest BCUT2D eigenvalue weighted by molar-refractivity contribution is 0.184. The van der Waals surface area contributed by atoms with Gasteiger partial charge >= 0.3 is 0 Å². The Kier molecular flexibility index (Phi) is 4.20. The molecule has 4 nitrogen and oxygen atoms in total. The van der Waals surface area contributed by atoms with Gasteiger partial charge in [-0.2, -0.15) is 0 Å². The maximum Gasteiger partial charge on any atom is 0.191 e. The molecular formula is C14H21N3O. The average molecular weight is 247 g/mol. The summed E-state index contributed by atoms with van der Waals surface area (Å²) in [6.45, 7) is 1.23. The molecular weight excluding hydrogens is 226 g/mol. The minimum absolute atomic E-state index is 0.600. The average Bonchev–Trinajstić information content (AvgIpc) is 3.21. The molecule has 0 saturated heterocycles. The normalized spacial score (nSPS) is 15.8. The monoisotopic (exact) mass is 247 g/mol. The fourth-order valence-electron chi connectivity index (χ4n) is 1.93. The first-order valence-corrected chi connectivity index (χ1v) is 6.31. The van der Waals surface area contributed by atoms with Gasteiger partial charge in [-0.05, 0) is 24.0 Å². The maximum atomic E-state index is 5.97. The maximum absolute atomic E-state index is 5.97. The van der Waals surface area contributed by atoms with Crippen LogP contribution in [0.5, 0.6) is 0 Å². The topological polar surface area (TPSA) is 50.9 Å². The third-order valence-electron chi connectivity index (χ3n) is 3.29. The number of nitrogens with two attached hydrogens (primary N) is 1. The Labute approximate surface area is 108 Å². The molecule has 0 amide bonds. The number of nitrogens with zero attached hydrogens (tertiary/aromatic N) is 2. The van der Waals surface area contributed by atoms with Gasteiger partial charge in [-0.1, -0.05) is 24.3 Å². The smallest absolute Gasteiger partial charge is 0.191 e. The molecule has 1 aliphatic carbocycles. The van der Waals surface area contributed by atoms with Crippen molar-refractivity contribution in [2.45, 2.75) is 32.0 Å². The van der Waals surface area contributed by atoms with Gasteiger partial charge in [0.05, 0.1) is 13.2 Å². The highest BCUT2D eigenvalue weighted by atomic mass is 16.5. The van der Waals surface area contributed by atoms with Gasteiger partial charge in [-0.25, -0.2) is 4.99 Å². The summed E-state index contributed by atoms with van der Waals surface area (Å²) in [7, 11) is 3.72. The Hall–Kier alpha value is -1.55. The highest BCUT2D eigenvalue weighted by Gasteiger charge is 2.27. The van der Waals surface area contributed by atoms with Gasteiger partial charge in [-0.15, -0.1) is 0 Å². The third kappa shape index (κ3) is 3.23. The molecule has 98 valence electrons. The molecule has 1 aromatic rings. The lowest BCUT2D eigenvalue weighted by Crippen LogP contribution is -2.35. The lowest BCUT2D eigenvalue weighted by Gasteiger charge is -2.17. The van der Waals surface area contributed by atoms with Crippen molar-refractivity contribution < 1.29 is 4.74 Å². The van der Waals surface area contributed by atoms with Gasteiger partial charge in [0, 0.05) is 20.2 Å². The van der Waals surface area contributed by atoms with E-state index in [0.717, 1.165) is 0 Å². The second-order valence-electron chi connectivity index (χ2n) is 4.72. The van der Waals surface area contributed by atoms with E-state index in [4.69, 9.17) is 10.5 Å². The van der Waals surface area contributed by atoms with Crippen LogP contribution in [0.25, 0.3) is 0 Å². The highest BCUT2D eigenvalue weighted by molar-refractivity contribution is 5.78. The van der Waals surface area contributed by atoms with E-state index in [9.17, 15) is 0 Å². The first-order chi connectivity index (χ1) is 8.72. The van der Waals surface area contributed by atoms with E-state index in [0.29, 0.717) is 25.2 Å². The molecule has 0 bridgehead atoms. The summed E-state index contributed by atoms with van der Waals surface area (Å²) < 4.78 is 5.18. The SMILES string of the molecule is COCc1ccccc1CN=C(N)N(C)C1CC1. The van der Waals surface area contributed by atoms with Crippen molar-refractivity contribution in [2.75, 3.05) is 14.2 Å². The molecule has 4 heteroatoms. The van der Waals surface area contributed by atoms with Crippen molar-refractivity contribution in [3.63, 3.8) is 0 Å². The molecule has 0 aliphatic heterocycles. The van der Waals surface area contributed by atoms with Crippen LogP contribution >= 0.6 is 0 Å². The number of hydrogen-bond donors (Lipinski definition) is 1. The van der Waals surface area contributed by atoms with Crippen molar-refractivity contribution in [2.24, 2.45) is 10.7 Å². The van der Waals surface area contributed by atoms with Crippen LogP contribution < -0.4 is 5.73 Å². The minimum atomic E-state index is 0.600. The fourth-order valence-corrected chi connectivity index (χ4v) is 1.93. The summed E-state index contributed by atoms with van der Waals surface area (Å²) in [5.74, 6) is 0.629. The van der Waals surface area contributed by atoms with E-state index in [1.165, 1.54) is 24.0 Å². The van der Waals surface area contributed by atoms with E-state index in [1.54, 1.807) is 7.11 Å². The number of rotatable bonds is 5. The molecule has 0 unspecified atom stereocenters. The van der Waals surface area contributed by atoms with E-state index in [2.05, 4.69) is 22.0 Å². The molecule has 0 radical (unpaired) electrons. The van der Waals surface area contributed by atoms with Crippen molar-refractivity contribution >= 4 is 5.96 Å². The molecule has 1 aliphatic rings. The predicted octanol–water partition coefficient (Wildman–Crippen LogP) is 1.74. The highest BCUT2D eigenvalue weighted by Crippen LogP contribution is 2.25. The predicted molar refractivity (Wildman–Crippen MR) is 73.3 cm³/mol. The number of benzene rings is 1. The number of methoxy groups -OCH3 is 1. The van der Waals surface area contributed by atoms with E-state index >= 15 is 0 Å². The Morgan fingerprint density at radius 1 is 1.39 bits per heavy atom. The molecule has 2 rings (SSSR count). The second kappa shape index (κ2) is 5.87. The van der Waals surface area contributed by atoms with Crippen LogP contribution in [0.15, 0.2) is 29.3 Å². The zero-order valence-corrected chi connectivity index (χ0v) is 11.1. The van der Waals surface area contributed by atoms with Gasteiger partial charge in [-0.3, -0.25) is 0 Å². The standard InChI is InChI=1S/C14H21N3O/c1-17(13-7-8-13)14(15)16-9-11-5-3-4-6-12(11)10-18-2/h3-6,13H,7-10H2,1-2H3,(H2,15,16). The van der Waals surface area contributed by atoms with Gasteiger partial charge in [0.1, 0.15) is 0 Å². The zero-order chi connectivity index (χ0) is 13.0. The molecule has 0 aromatic heterocycles. The molecule has 1 aromatic carbocycles. The summed E-state index contributed by atoms with van der Waals surface area (Å²) in [4.78, 5) is 6.53. The molecule has 0 heterocycles. The van der Waals surface area contributed by atoms with Crippen molar-refractivity contribution in [3.8, 4) is 0 Å². The van der Waals surface area contributed by atoms with E-state index < -0.39 is 0 Å². The van der Waals surface area contributed by atoms with Crippen LogP contribution in [0.4, 0.5) is 0 Å². The minimum Gasteiger partial charge on any atom is -0.380 e. The van der Waals surface area contributed by atoms with Crippen LogP contribution in [0, 0.1) is 0 Å². The van der Waals surface area contributed by atoms with Crippen LogP contribution in [0.2, 0.25) is 0 Å². The number of guanidine groups is 1. The summed E-state index contributed by atoms with van der Waals surface area (Å²) in [6.07, 6.45) is 2.46. The lowest BCUT2D eigenvalue weighted by atomic mass is 10.1. The summed E-state index contributed by atoms with van der Waals surface area (Å²) in [5, 5.41) is 0. The van der Waals surface area contributed by atoms with Crippen LogP contribution in [0.3, 0.4) is 0 Å². The molecule has 1 fully saturated rings. The summed E-state index contributed by atoms with van der Waals surface area (Å²) >= 11 is 0. The quantitative estimate of drug-likeness (QED) is 0.637. The first-order valence-electron chi connectivity index (χ1n) is 6.31. The summed E-state index contributed by atoms with van der Waals surface area (Å²) in [6, 6.07) is 8.77. The fraction of sp³-hybridized carbons (Fsp3) is 0.500. The molecule has 18 heavy (non-hydrogen) atoms. The first kappa shape index (κ1) is 12.9. The Balaban J connectivity index is 2.02. The Morgan fingerprint density at radius 3 is 2.67 bits per heavy atom. The van der Waals surface area contributed by atoms with Crippen LogP contribution in [-0.2, 0) is 17.9 Å². The van der Waals surface area contributed by atoms with Crippen LogP contribution in [0.1, 0.15) is 24.0 Å². The number of aliphatic imine (C=N–C) groups is 1. The van der Waals surface area contributed by atoms with Crippen molar-refractivity contribution in [3.05, 3.63) is 35.4 Å². The molecule has 0 spiro atoms. The van der Waals surface area contributed by atoms with E-state index in [-0.39, 0.29) is 0 Å². The van der Waals surface area contributed by atoms with E-state index in [1.807, 2.05) is 19.2 Å². The van der Waals surface area contributed by atoms with Crippen molar-refractivity contribution in [1.29, 1.82) is 0 Å². The number of hydrogen-bond acceptors (Lipinski definition) is 2. The van der Waals surface area contributed by atoms with Gasteiger partial charge in [0.25, 0.3) is 0 Å². The Morgan fingerprint density at radius 2 is 2.06 bits per heavy atom. The van der Waals surface area contributed by atoms with Gasteiger partial charge in [0.15, 0.2) is 5.96 Å². The van der Waals surface area contributed by atoms with Gasteiger partial charge < -0.3 is 15.4 Å². The molecule has 2 N–H and O–H groups in total. The zero-order valence-electron chi connectivity index (χ0n) is 11.1. The molecule has 1 saturated carbocycles. The van der Waals surface area contributed by atoms with Crippen LogP contribution in [-0.4, -0.2) is 31.1 Å². The van der Waals surface area contributed by atoms with Gasteiger partial charge in [0.2, 0.25) is 0 Å². The second-order valence-corrected chi connectivity index (χ2v) is 4.72. The summed E-state index contributed by atoms with van der Waals surface area (Å²) in [5.41, 5.74) is 8.32. The largest absolute Gasteiger partial charge is 0.380 e. The Bertz CT molecular complexity index is 427. The number of ether oxygens (including phenoxy) is 1. The van der Waals surface area contributed by atoms with Crippen molar-refractivity contribution in [1.82, 2.24) is 4.90 Å². The molecule has 0 atom stereocenters. The third-order valence-corrected chi connectivity index (χ3v) is 3.29.